The quantitative estimate of drug-likeness (QED) is 0.650. The van der Waals surface area contributed by atoms with Crippen LogP contribution in [-0.2, 0) is 6.18 Å². The van der Waals surface area contributed by atoms with Gasteiger partial charge in [-0.15, -0.1) is 0 Å². The predicted octanol–water partition coefficient (Wildman–Crippen LogP) is 2.94. The molecule has 0 radical (unpaired) electrons. The zero-order chi connectivity index (χ0) is 24.5. The lowest BCUT2D eigenvalue weighted by atomic mass is 10.0. The van der Waals surface area contributed by atoms with Crippen molar-refractivity contribution in [3.05, 3.63) is 58.7 Å². The number of likely N-dealkylation sites (tertiary alicyclic amines) is 2. The molecule has 7 nitrogen and oxygen atoms in total. The molecule has 1 aromatic carbocycles. The van der Waals surface area contributed by atoms with E-state index in [0.717, 1.165) is 61.7 Å². The summed E-state index contributed by atoms with van der Waals surface area (Å²) in [6.07, 6.45) is -3.03. The fourth-order valence-electron chi connectivity index (χ4n) is 4.96. The molecule has 2 amide bonds. The van der Waals surface area contributed by atoms with Crippen molar-refractivity contribution in [2.45, 2.75) is 26.4 Å². The van der Waals surface area contributed by atoms with Gasteiger partial charge >= 0.3 is 6.18 Å². The van der Waals surface area contributed by atoms with Crippen LogP contribution >= 0.6 is 0 Å². The highest BCUT2D eigenvalue weighted by Gasteiger charge is 2.41. The molecule has 1 aromatic heterocycles. The number of alkyl halides is 3. The molecule has 0 bridgehead atoms. The first kappa shape index (κ1) is 24.1. The zero-order valence-electron chi connectivity index (χ0n) is 19.2. The molecular formula is C24H28F3N5O2. The van der Waals surface area contributed by atoms with Crippen molar-refractivity contribution in [2.75, 3.05) is 39.3 Å². The highest BCUT2D eigenvalue weighted by atomic mass is 19.4. The minimum absolute atomic E-state index is 0.107. The van der Waals surface area contributed by atoms with E-state index >= 15 is 0 Å². The van der Waals surface area contributed by atoms with Gasteiger partial charge in [0.1, 0.15) is 5.69 Å². The SMILES string of the molecule is Cc1cccc(C)c1C(=O)N1CC2CN(CCCNC(=O)c3nccc(C(F)(F)F)n3)CC2C1. The minimum Gasteiger partial charge on any atom is -0.349 e. The lowest BCUT2D eigenvalue weighted by molar-refractivity contribution is -0.141. The van der Waals surface area contributed by atoms with Crippen molar-refractivity contribution in [3.8, 4) is 0 Å². The molecule has 0 aliphatic carbocycles. The Balaban J connectivity index is 1.21. The molecule has 2 unspecified atom stereocenters. The van der Waals surface area contributed by atoms with Gasteiger partial charge in [-0.1, -0.05) is 18.2 Å². The number of benzene rings is 1. The van der Waals surface area contributed by atoms with Gasteiger partial charge in [-0.25, -0.2) is 9.97 Å². The number of rotatable bonds is 6. The van der Waals surface area contributed by atoms with Crippen LogP contribution in [0.2, 0.25) is 0 Å². The first-order valence-electron chi connectivity index (χ1n) is 11.4. The Bertz CT molecular complexity index is 1040. The maximum absolute atomic E-state index is 13.1. The normalized spacial score (nSPS) is 20.4. The molecule has 3 heterocycles. The summed E-state index contributed by atoms with van der Waals surface area (Å²) in [6, 6.07) is 6.64. The number of hydrogen-bond donors (Lipinski definition) is 1. The van der Waals surface area contributed by atoms with E-state index in [2.05, 4.69) is 20.2 Å². The van der Waals surface area contributed by atoms with Crippen molar-refractivity contribution in [1.82, 2.24) is 25.1 Å². The number of aromatic nitrogens is 2. The van der Waals surface area contributed by atoms with Gasteiger partial charge in [0.15, 0.2) is 0 Å². The first-order chi connectivity index (χ1) is 16.1. The second kappa shape index (κ2) is 9.69. The standard InChI is InChI=1S/C24H28F3N5O2/c1-15-5-3-6-16(2)20(15)23(34)32-13-17-11-31(12-18(17)14-32)10-4-8-29-22(33)21-28-9-7-19(30-21)24(25,26)27/h3,5-7,9,17-18H,4,8,10-14H2,1-2H3,(H,29,33). The Morgan fingerprint density at radius 2 is 1.71 bits per heavy atom. The smallest absolute Gasteiger partial charge is 0.349 e. The molecule has 0 saturated carbocycles. The van der Waals surface area contributed by atoms with Crippen LogP contribution < -0.4 is 5.32 Å². The number of carbonyl (C=O) groups excluding carboxylic acids is 2. The molecule has 4 rings (SSSR count). The van der Waals surface area contributed by atoms with E-state index in [0.29, 0.717) is 24.8 Å². The van der Waals surface area contributed by atoms with Crippen LogP contribution in [0.1, 0.15) is 44.2 Å². The Labute approximate surface area is 196 Å². The second-order valence-corrected chi connectivity index (χ2v) is 9.13. The van der Waals surface area contributed by atoms with Crippen LogP contribution in [0.4, 0.5) is 13.2 Å². The molecule has 1 N–H and O–H groups in total. The molecule has 2 aromatic rings. The maximum atomic E-state index is 13.1. The molecule has 2 fully saturated rings. The number of halogens is 3. The van der Waals surface area contributed by atoms with Crippen LogP contribution in [0, 0.1) is 25.7 Å². The molecular weight excluding hydrogens is 447 g/mol. The Kier molecular flexibility index (Phi) is 6.88. The summed E-state index contributed by atoms with van der Waals surface area (Å²) in [5, 5.41) is 2.59. The number of carbonyl (C=O) groups is 2. The van der Waals surface area contributed by atoms with E-state index in [1.54, 1.807) is 0 Å². The number of aryl methyl sites for hydroxylation is 2. The topological polar surface area (TPSA) is 78.4 Å². The average Bonchev–Trinajstić information content (AvgIpc) is 3.35. The minimum atomic E-state index is -4.62. The van der Waals surface area contributed by atoms with Gasteiger partial charge in [0.05, 0.1) is 0 Å². The summed E-state index contributed by atoms with van der Waals surface area (Å²) >= 11 is 0. The molecule has 2 aliphatic rings. The third-order valence-electron chi connectivity index (χ3n) is 6.63. The van der Waals surface area contributed by atoms with Crippen LogP contribution in [0.3, 0.4) is 0 Å². The number of amides is 2. The van der Waals surface area contributed by atoms with Gasteiger partial charge in [0.2, 0.25) is 5.82 Å². The van der Waals surface area contributed by atoms with Gasteiger partial charge < -0.3 is 15.1 Å². The summed E-state index contributed by atoms with van der Waals surface area (Å²) in [5.74, 6) is -0.233. The third-order valence-corrected chi connectivity index (χ3v) is 6.63. The molecule has 2 atom stereocenters. The third kappa shape index (κ3) is 5.22. The van der Waals surface area contributed by atoms with E-state index in [4.69, 9.17) is 0 Å². The maximum Gasteiger partial charge on any atom is 0.433 e. The van der Waals surface area contributed by atoms with E-state index < -0.39 is 23.6 Å². The lowest BCUT2D eigenvalue weighted by Crippen LogP contribution is -2.35. The molecule has 182 valence electrons. The molecule has 2 saturated heterocycles. The fourth-order valence-corrected chi connectivity index (χ4v) is 4.96. The van der Waals surface area contributed by atoms with Crippen molar-refractivity contribution >= 4 is 11.8 Å². The van der Waals surface area contributed by atoms with E-state index in [-0.39, 0.29) is 5.91 Å². The van der Waals surface area contributed by atoms with Crippen molar-refractivity contribution in [1.29, 1.82) is 0 Å². The molecule has 10 heteroatoms. The number of fused-ring (bicyclic) bond motifs is 1. The number of nitrogens with zero attached hydrogens (tertiary/aromatic N) is 4. The van der Waals surface area contributed by atoms with Crippen molar-refractivity contribution in [3.63, 3.8) is 0 Å². The molecule has 34 heavy (non-hydrogen) atoms. The summed E-state index contributed by atoms with van der Waals surface area (Å²) in [7, 11) is 0. The monoisotopic (exact) mass is 475 g/mol. The van der Waals surface area contributed by atoms with E-state index in [1.807, 2.05) is 36.9 Å². The summed E-state index contributed by atoms with van der Waals surface area (Å²) in [4.78, 5) is 36.4. The average molecular weight is 476 g/mol. The van der Waals surface area contributed by atoms with Gasteiger partial charge in [0.25, 0.3) is 11.8 Å². The Morgan fingerprint density at radius 1 is 1.06 bits per heavy atom. The Morgan fingerprint density at radius 3 is 2.32 bits per heavy atom. The highest BCUT2D eigenvalue weighted by Crippen LogP contribution is 2.32. The van der Waals surface area contributed by atoms with Crippen LogP contribution in [-0.4, -0.2) is 70.9 Å². The van der Waals surface area contributed by atoms with Gasteiger partial charge in [-0.05, 0) is 55.8 Å². The summed E-state index contributed by atoms with van der Waals surface area (Å²) < 4.78 is 38.2. The first-order valence-corrected chi connectivity index (χ1v) is 11.4. The Hall–Kier alpha value is -3.01. The highest BCUT2D eigenvalue weighted by molar-refractivity contribution is 5.97. The van der Waals surface area contributed by atoms with Crippen LogP contribution in [0.25, 0.3) is 0 Å². The van der Waals surface area contributed by atoms with Gasteiger partial charge in [0, 0.05) is 44.5 Å². The summed E-state index contributed by atoms with van der Waals surface area (Å²) in [5.41, 5.74) is 1.67. The fraction of sp³-hybridized carbons (Fsp3) is 0.500. The van der Waals surface area contributed by atoms with Gasteiger partial charge in [-0.2, -0.15) is 13.2 Å². The van der Waals surface area contributed by atoms with E-state index in [1.165, 1.54) is 0 Å². The van der Waals surface area contributed by atoms with Crippen molar-refractivity contribution in [2.24, 2.45) is 11.8 Å². The predicted molar refractivity (Wildman–Crippen MR) is 119 cm³/mol. The number of nitrogens with one attached hydrogen (secondary N) is 1. The number of hydrogen-bond acceptors (Lipinski definition) is 5. The summed E-state index contributed by atoms with van der Waals surface area (Å²) in [6.45, 7) is 8.31. The lowest BCUT2D eigenvalue weighted by Gasteiger charge is -2.23. The largest absolute Gasteiger partial charge is 0.433 e. The van der Waals surface area contributed by atoms with Crippen LogP contribution in [0.15, 0.2) is 30.5 Å². The van der Waals surface area contributed by atoms with Crippen LogP contribution in [0.5, 0.6) is 0 Å². The zero-order valence-corrected chi connectivity index (χ0v) is 19.2. The second-order valence-electron chi connectivity index (χ2n) is 9.13. The molecule has 0 spiro atoms. The van der Waals surface area contributed by atoms with Gasteiger partial charge in [-0.3, -0.25) is 9.59 Å². The van der Waals surface area contributed by atoms with E-state index in [9.17, 15) is 22.8 Å². The van der Waals surface area contributed by atoms with Crippen molar-refractivity contribution < 1.29 is 22.8 Å². The molecule has 2 aliphatic heterocycles.